The van der Waals surface area contributed by atoms with E-state index in [4.69, 9.17) is 5.11 Å². The first-order valence-corrected chi connectivity index (χ1v) is 11.5. The Morgan fingerprint density at radius 1 is 0.720 bits per heavy atom. The van der Waals surface area contributed by atoms with Gasteiger partial charge in [0.05, 0.1) is 10.1 Å². The van der Waals surface area contributed by atoms with Crippen molar-refractivity contribution in [3.63, 3.8) is 0 Å². The number of hydrogen-bond donors (Lipinski definition) is 1. The van der Waals surface area contributed by atoms with Crippen LogP contribution in [0.4, 0.5) is 0 Å². The Morgan fingerprint density at radius 2 is 1.08 bits per heavy atom. The molecule has 0 amide bonds. The van der Waals surface area contributed by atoms with Crippen molar-refractivity contribution >= 4 is 10.1 Å². The van der Waals surface area contributed by atoms with Crippen LogP contribution in [0.2, 0.25) is 0 Å². The Kier molecular flexibility index (Phi) is 23.3. The van der Waals surface area contributed by atoms with E-state index in [0.717, 1.165) is 19.3 Å². The predicted molar refractivity (Wildman–Crippen MR) is 100 cm³/mol. The van der Waals surface area contributed by atoms with Crippen molar-refractivity contribution in [1.29, 1.82) is 0 Å². The standard InChI is InChI=1S/C19H40O4S.K/c1-2-3-4-5-6-7-8-9-10-11-12-13-16-19(24(21,22)23)17-14-15-18-20;/h19-20H,2-18H2,1H3,(H,21,22,23);/q;+1/p-1. The molecular formula is C19H39KO4S. The number of aliphatic hydroxyl groups is 1. The molecule has 0 aromatic carbocycles. The summed E-state index contributed by atoms with van der Waals surface area (Å²) in [6.07, 6.45) is 16.9. The number of aliphatic hydroxyl groups excluding tert-OH is 1. The number of rotatable bonds is 18. The largest absolute Gasteiger partial charge is 1.00 e. The van der Waals surface area contributed by atoms with Crippen LogP contribution in [-0.4, -0.2) is 29.9 Å². The molecule has 0 aliphatic heterocycles. The van der Waals surface area contributed by atoms with Crippen LogP contribution >= 0.6 is 0 Å². The zero-order valence-corrected chi connectivity index (χ0v) is 20.6. The third-order valence-corrected chi connectivity index (χ3v) is 6.01. The summed E-state index contributed by atoms with van der Waals surface area (Å²) in [5.74, 6) is 0. The smallest absolute Gasteiger partial charge is 0.748 e. The third-order valence-electron chi connectivity index (χ3n) is 4.72. The summed E-state index contributed by atoms with van der Waals surface area (Å²) >= 11 is 0. The number of hydrogen-bond acceptors (Lipinski definition) is 4. The zero-order chi connectivity index (χ0) is 18.1. The van der Waals surface area contributed by atoms with Gasteiger partial charge in [-0.25, -0.2) is 8.42 Å². The van der Waals surface area contributed by atoms with Gasteiger partial charge in [0, 0.05) is 11.9 Å². The zero-order valence-electron chi connectivity index (χ0n) is 16.7. The van der Waals surface area contributed by atoms with Crippen molar-refractivity contribution in [2.75, 3.05) is 6.61 Å². The molecule has 0 spiro atoms. The minimum absolute atomic E-state index is 0. The summed E-state index contributed by atoms with van der Waals surface area (Å²) in [4.78, 5) is 0. The second-order valence-electron chi connectivity index (χ2n) is 7.01. The van der Waals surface area contributed by atoms with Crippen molar-refractivity contribution < 1.29 is 69.5 Å². The molecule has 0 aliphatic carbocycles. The van der Waals surface area contributed by atoms with E-state index in [1.165, 1.54) is 57.8 Å². The van der Waals surface area contributed by atoms with Crippen LogP contribution in [0.3, 0.4) is 0 Å². The summed E-state index contributed by atoms with van der Waals surface area (Å²) < 4.78 is 33.7. The first kappa shape index (κ1) is 28.7. The average Bonchev–Trinajstić information content (AvgIpc) is 2.53. The molecule has 0 bridgehead atoms. The summed E-state index contributed by atoms with van der Waals surface area (Å²) in [5.41, 5.74) is 0. The van der Waals surface area contributed by atoms with Gasteiger partial charge in [-0.05, 0) is 25.7 Å². The molecule has 0 aromatic heterocycles. The molecule has 0 rings (SSSR count). The molecule has 4 nitrogen and oxygen atoms in total. The van der Waals surface area contributed by atoms with E-state index < -0.39 is 15.4 Å². The van der Waals surface area contributed by atoms with Crippen LogP contribution < -0.4 is 51.4 Å². The van der Waals surface area contributed by atoms with Crippen molar-refractivity contribution in [1.82, 2.24) is 0 Å². The van der Waals surface area contributed by atoms with Gasteiger partial charge in [0.1, 0.15) is 0 Å². The normalized spacial score (nSPS) is 12.8. The van der Waals surface area contributed by atoms with Gasteiger partial charge >= 0.3 is 51.4 Å². The van der Waals surface area contributed by atoms with E-state index in [2.05, 4.69) is 6.92 Å². The van der Waals surface area contributed by atoms with E-state index in [1.807, 2.05) is 0 Å². The molecule has 1 atom stereocenters. The SMILES string of the molecule is CCCCCCCCCCCCCCC(CCCCO)S(=O)(=O)[O-].[K+]. The fourth-order valence-corrected chi connectivity index (χ4v) is 4.04. The molecule has 25 heavy (non-hydrogen) atoms. The van der Waals surface area contributed by atoms with Gasteiger partial charge in [0.2, 0.25) is 0 Å². The van der Waals surface area contributed by atoms with Crippen molar-refractivity contribution in [2.24, 2.45) is 0 Å². The maximum absolute atomic E-state index is 11.2. The van der Waals surface area contributed by atoms with Gasteiger partial charge in [0.15, 0.2) is 0 Å². The molecule has 6 heteroatoms. The van der Waals surface area contributed by atoms with E-state index in [0.29, 0.717) is 25.7 Å². The summed E-state index contributed by atoms with van der Waals surface area (Å²) in [6, 6.07) is 0. The first-order chi connectivity index (χ1) is 11.5. The van der Waals surface area contributed by atoms with Crippen LogP contribution in [0, 0.1) is 0 Å². The van der Waals surface area contributed by atoms with E-state index in [9.17, 15) is 13.0 Å². The fourth-order valence-electron chi connectivity index (χ4n) is 3.13. The van der Waals surface area contributed by atoms with Gasteiger partial charge in [0.25, 0.3) is 0 Å². The Balaban J connectivity index is 0. The fraction of sp³-hybridized carbons (Fsp3) is 1.00. The maximum Gasteiger partial charge on any atom is 1.00 e. The Hall–Kier alpha value is 1.51. The van der Waals surface area contributed by atoms with Crippen LogP contribution in [0.15, 0.2) is 0 Å². The summed E-state index contributed by atoms with van der Waals surface area (Å²) in [6.45, 7) is 2.30. The van der Waals surface area contributed by atoms with Crippen molar-refractivity contribution in [3.05, 3.63) is 0 Å². The molecular weight excluding hydrogens is 363 g/mol. The van der Waals surface area contributed by atoms with Gasteiger partial charge in [-0.1, -0.05) is 84.0 Å². The van der Waals surface area contributed by atoms with E-state index >= 15 is 0 Å². The molecule has 0 heterocycles. The topological polar surface area (TPSA) is 77.4 Å². The summed E-state index contributed by atoms with van der Waals surface area (Å²) in [5, 5.41) is 7.99. The quantitative estimate of drug-likeness (QED) is 0.216. The van der Waals surface area contributed by atoms with Crippen LogP contribution in [-0.2, 0) is 10.1 Å². The molecule has 0 saturated carbocycles. The second-order valence-corrected chi connectivity index (χ2v) is 8.66. The Morgan fingerprint density at radius 3 is 1.44 bits per heavy atom. The molecule has 1 unspecified atom stereocenters. The molecule has 0 aromatic rings. The van der Waals surface area contributed by atoms with Gasteiger partial charge in [-0.3, -0.25) is 0 Å². The molecule has 146 valence electrons. The van der Waals surface area contributed by atoms with Crippen LogP contribution in [0.25, 0.3) is 0 Å². The second kappa shape index (κ2) is 20.2. The first-order valence-electron chi connectivity index (χ1n) is 10.1. The van der Waals surface area contributed by atoms with E-state index in [-0.39, 0.29) is 58.0 Å². The monoisotopic (exact) mass is 402 g/mol. The molecule has 0 fully saturated rings. The van der Waals surface area contributed by atoms with Crippen molar-refractivity contribution in [2.45, 2.75) is 115 Å². The van der Waals surface area contributed by atoms with E-state index in [1.54, 1.807) is 0 Å². The van der Waals surface area contributed by atoms with Gasteiger partial charge < -0.3 is 9.66 Å². The minimum Gasteiger partial charge on any atom is -0.748 e. The maximum atomic E-state index is 11.2. The average molecular weight is 403 g/mol. The predicted octanol–water partition coefficient (Wildman–Crippen LogP) is 2.16. The molecule has 1 N–H and O–H groups in total. The van der Waals surface area contributed by atoms with Crippen LogP contribution in [0.1, 0.15) is 110 Å². The van der Waals surface area contributed by atoms with Crippen LogP contribution in [0.5, 0.6) is 0 Å². The Bertz CT molecular complexity index is 360. The molecule has 0 radical (unpaired) electrons. The molecule has 0 aliphatic rings. The third kappa shape index (κ3) is 20.1. The van der Waals surface area contributed by atoms with Crippen molar-refractivity contribution in [3.8, 4) is 0 Å². The Labute approximate surface area is 199 Å². The number of unbranched alkanes of at least 4 members (excludes halogenated alkanes) is 12. The summed E-state index contributed by atoms with van der Waals surface area (Å²) in [7, 11) is -4.19. The van der Waals surface area contributed by atoms with Gasteiger partial charge in [-0.2, -0.15) is 0 Å². The minimum atomic E-state index is -4.19. The molecule has 0 saturated heterocycles. The van der Waals surface area contributed by atoms with Gasteiger partial charge in [-0.15, -0.1) is 0 Å².